The Bertz CT molecular complexity index is 451. The van der Waals surface area contributed by atoms with Gasteiger partial charge in [0.1, 0.15) is 12.5 Å². The summed E-state index contributed by atoms with van der Waals surface area (Å²) in [6.07, 6.45) is 19.0. The van der Waals surface area contributed by atoms with Crippen LogP contribution < -0.4 is 10.9 Å². The molecule has 1 saturated heterocycles. The third-order valence-electron chi connectivity index (χ3n) is 8.65. The highest BCUT2D eigenvalue weighted by atomic mass is 16.5. The van der Waals surface area contributed by atoms with E-state index in [1.165, 1.54) is 83.5 Å². The molecule has 1 aliphatic heterocycles. The van der Waals surface area contributed by atoms with Crippen LogP contribution in [0.25, 0.3) is 0 Å². The molecular formula is C24H44N2O. The lowest BCUT2D eigenvalue weighted by atomic mass is 9.69. The lowest BCUT2D eigenvalue weighted by Crippen LogP contribution is -2.41. The second-order valence-corrected chi connectivity index (χ2v) is 11.3. The zero-order chi connectivity index (χ0) is 18.9. The minimum Gasteiger partial charge on any atom is -0.342 e. The van der Waals surface area contributed by atoms with Crippen LogP contribution in [0.1, 0.15) is 104 Å². The SMILES string of the molecule is CC(C)(C)C1CCC([C@H]2NN[C@@H](C3CCC(C4CCCCC4)CC3)O2)CC1. The quantitative estimate of drug-likeness (QED) is 0.633. The maximum absolute atomic E-state index is 6.52. The van der Waals surface area contributed by atoms with E-state index in [1.54, 1.807) is 0 Å². The van der Waals surface area contributed by atoms with Crippen molar-refractivity contribution in [3.05, 3.63) is 0 Å². The van der Waals surface area contributed by atoms with Gasteiger partial charge in [0, 0.05) is 0 Å². The molecule has 2 N–H and O–H groups in total. The minimum absolute atomic E-state index is 0.243. The Kier molecular flexibility index (Phi) is 6.51. The van der Waals surface area contributed by atoms with Crippen molar-refractivity contribution >= 4 is 0 Å². The van der Waals surface area contributed by atoms with Crippen molar-refractivity contribution in [2.45, 2.75) is 117 Å². The molecule has 0 aromatic heterocycles. The Balaban J connectivity index is 1.20. The maximum Gasteiger partial charge on any atom is 0.125 e. The van der Waals surface area contributed by atoms with Gasteiger partial charge in [-0.3, -0.25) is 0 Å². The minimum atomic E-state index is 0.243. The third kappa shape index (κ3) is 4.90. The summed E-state index contributed by atoms with van der Waals surface area (Å²) in [7, 11) is 0. The van der Waals surface area contributed by atoms with Crippen LogP contribution in [-0.2, 0) is 4.74 Å². The van der Waals surface area contributed by atoms with E-state index in [-0.39, 0.29) is 12.5 Å². The highest BCUT2D eigenvalue weighted by Gasteiger charge is 2.40. The van der Waals surface area contributed by atoms with Gasteiger partial charge in [-0.25, -0.2) is 10.9 Å². The van der Waals surface area contributed by atoms with E-state index in [1.807, 2.05) is 0 Å². The Morgan fingerprint density at radius 2 is 1.00 bits per heavy atom. The monoisotopic (exact) mass is 376 g/mol. The van der Waals surface area contributed by atoms with Crippen molar-refractivity contribution in [3.63, 3.8) is 0 Å². The molecule has 1 heterocycles. The molecule has 0 aromatic carbocycles. The van der Waals surface area contributed by atoms with Gasteiger partial charge in [-0.05, 0) is 86.4 Å². The summed E-state index contributed by atoms with van der Waals surface area (Å²) in [6.45, 7) is 7.22. The fourth-order valence-electron chi connectivity index (χ4n) is 6.66. The molecule has 0 unspecified atom stereocenters. The van der Waals surface area contributed by atoms with Crippen molar-refractivity contribution in [2.75, 3.05) is 0 Å². The first-order valence-electron chi connectivity index (χ1n) is 12.2. The van der Waals surface area contributed by atoms with Gasteiger partial charge < -0.3 is 4.74 Å². The molecule has 2 atom stereocenters. The fraction of sp³-hybridized carbons (Fsp3) is 1.00. The summed E-state index contributed by atoms with van der Waals surface area (Å²) in [5, 5.41) is 0. The molecule has 0 spiro atoms. The highest BCUT2D eigenvalue weighted by Crippen LogP contribution is 2.43. The van der Waals surface area contributed by atoms with Crippen molar-refractivity contribution < 1.29 is 4.74 Å². The molecule has 0 radical (unpaired) electrons. The van der Waals surface area contributed by atoms with Gasteiger partial charge >= 0.3 is 0 Å². The molecule has 4 aliphatic rings. The predicted octanol–water partition coefficient (Wildman–Crippen LogP) is 6.00. The summed E-state index contributed by atoms with van der Waals surface area (Å²) >= 11 is 0. The van der Waals surface area contributed by atoms with Crippen LogP contribution in [0, 0.1) is 35.0 Å². The smallest absolute Gasteiger partial charge is 0.125 e. The van der Waals surface area contributed by atoms with Crippen LogP contribution in [-0.4, -0.2) is 12.5 Å². The average Bonchev–Trinajstić information content (AvgIpc) is 3.18. The number of hydrogen-bond acceptors (Lipinski definition) is 3. The van der Waals surface area contributed by atoms with Crippen molar-refractivity contribution in [1.29, 1.82) is 0 Å². The standard InChI is InChI=1S/C24H44N2O/c1-24(2,3)21-15-13-20(14-16-21)23-26-25-22(27-23)19-11-9-18(10-12-19)17-7-5-4-6-8-17/h17-23,25-26H,4-16H2,1-3H3/t18?,19?,20?,21?,22-,23+/m1/s1. The fourth-order valence-corrected chi connectivity index (χ4v) is 6.66. The lowest BCUT2D eigenvalue weighted by Gasteiger charge is -2.39. The molecule has 0 bridgehead atoms. The molecule has 3 nitrogen and oxygen atoms in total. The molecule has 3 heteroatoms. The Morgan fingerprint density at radius 1 is 0.556 bits per heavy atom. The number of nitrogens with one attached hydrogen (secondary N) is 2. The van der Waals surface area contributed by atoms with Crippen LogP contribution in [0.5, 0.6) is 0 Å². The van der Waals surface area contributed by atoms with Gasteiger partial charge in [-0.15, -0.1) is 0 Å². The molecule has 0 aromatic rings. The molecule has 4 fully saturated rings. The molecule has 0 amide bonds. The second-order valence-electron chi connectivity index (χ2n) is 11.3. The van der Waals surface area contributed by atoms with Crippen LogP contribution in [0.2, 0.25) is 0 Å². The summed E-state index contributed by atoms with van der Waals surface area (Å²) < 4.78 is 6.52. The lowest BCUT2D eigenvalue weighted by molar-refractivity contribution is -0.0504. The molecule has 4 rings (SSSR count). The Morgan fingerprint density at radius 3 is 1.52 bits per heavy atom. The number of hydrogen-bond donors (Lipinski definition) is 2. The van der Waals surface area contributed by atoms with E-state index >= 15 is 0 Å². The maximum atomic E-state index is 6.52. The summed E-state index contributed by atoms with van der Waals surface area (Å²) in [6, 6.07) is 0. The summed E-state index contributed by atoms with van der Waals surface area (Å²) in [5.41, 5.74) is 7.53. The van der Waals surface area contributed by atoms with Gasteiger partial charge in [0.2, 0.25) is 0 Å². The predicted molar refractivity (Wildman–Crippen MR) is 112 cm³/mol. The van der Waals surface area contributed by atoms with E-state index < -0.39 is 0 Å². The molecule has 3 aliphatic carbocycles. The first kappa shape index (κ1) is 20.2. The first-order valence-corrected chi connectivity index (χ1v) is 12.2. The topological polar surface area (TPSA) is 33.3 Å². The number of ether oxygens (including phenoxy) is 1. The number of rotatable bonds is 3. The van der Waals surface area contributed by atoms with Gasteiger partial charge in [0.25, 0.3) is 0 Å². The van der Waals surface area contributed by atoms with E-state index in [4.69, 9.17) is 4.74 Å². The van der Waals surface area contributed by atoms with Crippen molar-refractivity contribution in [2.24, 2.45) is 35.0 Å². The molecule has 156 valence electrons. The molecule has 3 saturated carbocycles. The van der Waals surface area contributed by atoms with Crippen molar-refractivity contribution in [1.82, 2.24) is 10.9 Å². The second kappa shape index (κ2) is 8.71. The van der Waals surface area contributed by atoms with Gasteiger partial charge in [-0.2, -0.15) is 0 Å². The molecular weight excluding hydrogens is 332 g/mol. The van der Waals surface area contributed by atoms with E-state index in [0.29, 0.717) is 17.3 Å². The third-order valence-corrected chi connectivity index (χ3v) is 8.65. The zero-order valence-electron chi connectivity index (χ0n) is 18.1. The van der Waals surface area contributed by atoms with Gasteiger partial charge in [0.15, 0.2) is 0 Å². The number of hydrazine groups is 1. The Labute approximate surface area is 167 Å². The van der Waals surface area contributed by atoms with Crippen LogP contribution in [0.15, 0.2) is 0 Å². The normalized spacial score (nSPS) is 42.3. The van der Waals surface area contributed by atoms with Gasteiger partial charge in [-0.1, -0.05) is 52.9 Å². The molecule has 27 heavy (non-hydrogen) atoms. The summed E-state index contributed by atoms with van der Waals surface area (Å²) in [4.78, 5) is 0. The first-order chi connectivity index (χ1) is 13.0. The van der Waals surface area contributed by atoms with Crippen LogP contribution >= 0.6 is 0 Å². The Hall–Kier alpha value is -0.120. The largest absolute Gasteiger partial charge is 0.342 e. The van der Waals surface area contributed by atoms with E-state index in [9.17, 15) is 0 Å². The summed E-state index contributed by atoms with van der Waals surface area (Å²) in [5.74, 6) is 4.35. The highest BCUT2D eigenvalue weighted by molar-refractivity contribution is 4.87. The van der Waals surface area contributed by atoms with Crippen molar-refractivity contribution in [3.8, 4) is 0 Å². The van der Waals surface area contributed by atoms with E-state index in [2.05, 4.69) is 31.6 Å². The zero-order valence-corrected chi connectivity index (χ0v) is 18.1. The van der Waals surface area contributed by atoms with E-state index in [0.717, 1.165) is 17.8 Å². The van der Waals surface area contributed by atoms with Crippen LogP contribution in [0.3, 0.4) is 0 Å². The van der Waals surface area contributed by atoms with Gasteiger partial charge in [0.05, 0.1) is 0 Å². The average molecular weight is 377 g/mol. The van der Waals surface area contributed by atoms with Crippen LogP contribution in [0.4, 0.5) is 0 Å².